The molecule has 21 heavy (non-hydrogen) atoms. The monoisotopic (exact) mass is 286 g/mol. The number of nitro benzene ring substituents is 1. The smallest absolute Gasteiger partial charge is 0.269 e. The fourth-order valence-electron chi connectivity index (χ4n) is 1.97. The average Bonchev–Trinajstić information content (AvgIpc) is 2.53. The summed E-state index contributed by atoms with van der Waals surface area (Å²) in [4.78, 5) is 10.3. The van der Waals surface area contributed by atoms with Crippen LogP contribution in [0.15, 0.2) is 48.5 Å². The molecule has 0 aromatic heterocycles. The molecule has 0 radical (unpaired) electrons. The van der Waals surface area contributed by atoms with Crippen molar-refractivity contribution in [2.24, 2.45) is 5.73 Å². The molecule has 0 saturated carbocycles. The summed E-state index contributed by atoms with van der Waals surface area (Å²) >= 11 is 0. The van der Waals surface area contributed by atoms with Crippen molar-refractivity contribution in [1.29, 1.82) is 0 Å². The maximum absolute atomic E-state index is 10.7. The summed E-state index contributed by atoms with van der Waals surface area (Å²) < 4.78 is 5.63. The summed E-state index contributed by atoms with van der Waals surface area (Å²) in [5.74, 6) is 0.716. The van der Waals surface area contributed by atoms with Crippen LogP contribution in [0.5, 0.6) is 5.75 Å². The molecule has 5 nitrogen and oxygen atoms in total. The minimum absolute atomic E-state index is 0.0378. The van der Waals surface area contributed by atoms with Gasteiger partial charge in [-0.1, -0.05) is 31.2 Å². The largest absolute Gasteiger partial charge is 0.489 e. The summed E-state index contributed by atoms with van der Waals surface area (Å²) in [6, 6.07) is 14.1. The molecule has 0 aliphatic heterocycles. The molecular weight excluding hydrogens is 268 g/mol. The first kappa shape index (κ1) is 15.0. The van der Waals surface area contributed by atoms with Crippen LogP contribution in [-0.2, 0) is 6.61 Å². The van der Waals surface area contributed by atoms with Crippen molar-refractivity contribution in [2.75, 3.05) is 0 Å². The molecule has 0 bridgehead atoms. The molecule has 0 heterocycles. The number of nitrogens with zero attached hydrogens (tertiary/aromatic N) is 1. The van der Waals surface area contributed by atoms with E-state index >= 15 is 0 Å². The summed E-state index contributed by atoms with van der Waals surface area (Å²) in [5.41, 5.74) is 7.85. The molecule has 0 unspecified atom stereocenters. The fourth-order valence-corrected chi connectivity index (χ4v) is 1.97. The highest BCUT2D eigenvalue weighted by molar-refractivity contribution is 5.34. The molecule has 0 spiro atoms. The molecule has 0 fully saturated rings. The SMILES string of the molecule is CC[C@@H](N)c1ccc(OCc2cccc([N+](=O)[O-])c2)cc1. The summed E-state index contributed by atoms with van der Waals surface area (Å²) in [6.45, 7) is 2.33. The molecule has 1 atom stereocenters. The van der Waals surface area contributed by atoms with E-state index in [4.69, 9.17) is 10.5 Å². The molecule has 2 aromatic rings. The van der Waals surface area contributed by atoms with Crippen LogP contribution in [0.25, 0.3) is 0 Å². The molecule has 2 aromatic carbocycles. The maximum Gasteiger partial charge on any atom is 0.269 e. The Balaban J connectivity index is 1.99. The fraction of sp³-hybridized carbons (Fsp3) is 0.250. The van der Waals surface area contributed by atoms with Crippen LogP contribution in [0.3, 0.4) is 0 Å². The zero-order chi connectivity index (χ0) is 15.2. The van der Waals surface area contributed by atoms with Crippen LogP contribution in [0.2, 0.25) is 0 Å². The molecule has 2 rings (SSSR count). The Morgan fingerprint density at radius 2 is 1.95 bits per heavy atom. The molecule has 110 valence electrons. The van der Waals surface area contributed by atoms with Crippen molar-refractivity contribution in [2.45, 2.75) is 26.0 Å². The van der Waals surface area contributed by atoms with Crippen molar-refractivity contribution in [3.63, 3.8) is 0 Å². The first-order chi connectivity index (χ1) is 10.1. The number of hydrogen-bond donors (Lipinski definition) is 1. The average molecular weight is 286 g/mol. The lowest BCUT2D eigenvalue weighted by Gasteiger charge is -2.11. The minimum atomic E-state index is -0.412. The van der Waals surface area contributed by atoms with E-state index in [1.165, 1.54) is 12.1 Å². The van der Waals surface area contributed by atoms with Crippen molar-refractivity contribution in [3.8, 4) is 5.75 Å². The zero-order valence-electron chi connectivity index (χ0n) is 11.9. The summed E-state index contributed by atoms with van der Waals surface area (Å²) in [5, 5.41) is 10.7. The lowest BCUT2D eigenvalue weighted by Crippen LogP contribution is -2.08. The van der Waals surface area contributed by atoms with Crippen LogP contribution in [0, 0.1) is 10.1 Å². The van der Waals surface area contributed by atoms with Crippen LogP contribution in [0.1, 0.15) is 30.5 Å². The van der Waals surface area contributed by atoms with Gasteiger partial charge in [-0.25, -0.2) is 0 Å². The number of nitro groups is 1. The van der Waals surface area contributed by atoms with Gasteiger partial charge in [0.15, 0.2) is 0 Å². The van der Waals surface area contributed by atoms with Crippen LogP contribution in [0.4, 0.5) is 5.69 Å². The first-order valence-electron chi connectivity index (χ1n) is 6.82. The predicted molar refractivity (Wildman–Crippen MR) is 81.1 cm³/mol. The van der Waals surface area contributed by atoms with Gasteiger partial charge >= 0.3 is 0 Å². The van der Waals surface area contributed by atoms with Gasteiger partial charge in [0.2, 0.25) is 0 Å². The predicted octanol–water partition coefficient (Wildman–Crippen LogP) is 3.58. The lowest BCUT2D eigenvalue weighted by atomic mass is 10.1. The molecule has 2 N–H and O–H groups in total. The van der Waals surface area contributed by atoms with E-state index in [1.54, 1.807) is 12.1 Å². The van der Waals surface area contributed by atoms with Crippen LogP contribution >= 0.6 is 0 Å². The van der Waals surface area contributed by atoms with Crippen LogP contribution < -0.4 is 10.5 Å². The Kier molecular flexibility index (Phi) is 4.90. The second kappa shape index (κ2) is 6.85. The number of ether oxygens (including phenoxy) is 1. The third-order valence-electron chi connectivity index (χ3n) is 3.27. The van der Waals surface area contributed by atoms with Gasteiger partial charge in [0.25, 0.3) is 5.69 Å². The maximum atomic E-state index is 10.7. The second-order valence-corrected chi connectivity index (χ2v) is 4.80. The third-order valence-corrected chi connectivity index (χ3v) is 3.27. The van der Waals surface area contributed by atoms with Gasteiger partial charge in [0.05, 0.1) is 4.92 Å². The van der Waals surface area contributed by atoms with E-state index in [-0.39, 0.29) is 11.7 Å². The van der Waals surface area contributed by atoms with Gasteiger partial charge in [0, 0.05) is 18.2 Å². The number of benzene rings is 2. The van der Waals surface area contributed by atoms with Gasteiger partial charge in [-0.05, 0) is 29.7 Å². The van der Waals surface area contributed by atoms with Gasteiger partial charge in [-0.2, -0.15) is 0 Å². The molecule has 0 aliphatic carbocycles. The van der Waals surface area contributed by atoms with E-state index in [9.17, 15) is 10.1 Å². The Labute approximate surface area is 123 Å². The standard InChI is InChI=1S/C16H18N2O3/c1-2-16(17)13-6-8-15(9-7-13)21-11-12-4-3-5-14(10-12)18(19)20/h3-10,16H,2,11,17H2,1H3/t16-/m1/s1. The van der Waals surface area contributed by atoms with E-state index < -0.39 is 4.92 Å². The molecule has 0 aliphatic rings. The van der Waals surface area contributed by atoms with E-state index in [2.05, 4.69) is 0 Å². The van der Waals surface area contributed by atoms with Crippen molar-refractivity contribution in [3.05, 3.63) is 69.8 Å². The zero-order valence-corrected chi connectivity index (χ0v) is 11.9. The van der Waals surface area contributed by atoms with Crippen molar-refractivity contribution in [1.82, 2.24) is 0 Å². The normalized spacial score (nSPS) is 11.9. The van der Waals surface area contributed by atoms with Gasteiger partial charge in [-0.3, -0.25) is 10.1 Å². The van der Waals surface area contributed by atoms with Crippen molar-refractivity contribution >= 4 is 5.69 Å². The van der Waals surface area contributed by atoms with E-state index in [0.717, 1.165) is 17.5 Å². The Hall–Kier alpha value is -2.40. The van der Waals surface area contributed by atoms with E-state index in [1.807, 2.05) is 31.2 Å². The first-order valence-corrected chi connectivity index (χ1v) is 6.82. The highest BCUT2D eigenvalue weighted by Crippen LogP contribution is 2.20. The van der Waals surface area contributed by atoms with E-state index in [0.29, 0.717) is 12.4 Å². The van der Waals surface area contributed by atoms with Crippen molar-refractivity contribution < 1.29 is 9.66 Å². The Morgan fingerprint density at radius 3 is 2.57 bits per heavy atom. The topological polar surface area (TPSA) is 78.4 Å². The summed E-state index contributed by atoms with van der Waals surface area (Å²) in [6.07, 6.45) is 0.883. The van der Waals surface area contributed by atoms with Crippen LogP contribution in [-0.4, -0.2) is 4.92 Å². The minimum Gasteiger partial charge on any atom is -0.489 e. The summed E-state index contributed by atoms with van der Waals surface area (Å²) in [7, 11) is 0. The van der Waals surface area contributed by atoms with Gasteiger partial charge in [0.1, 0.15) is 12.4 Å². The number of hydrogen-bond acceptors (Lipinski definition) is 4. The molecule has 0 amide bonds. The third kappa shape index (κ3) is 4.03. The van der Waals surface area contributed by atoms with Gasteiger partial charge in [-0.15, -0.1) is 0 Å². The number of rotatable bonds is 6. The number of non-ortho nitro benzene ring substituents is 1. The Morgan fingerprint density at radius 1 is 1.24 bits per heavy atom. The quantitative estimate of drug-likeness (QED) is 0.650. The molecular formula is C16H18N2O3. The molecule has 5 heteroatoms. The molecule has 0 saturated heterocycles. The Bertz CT molecular complexity index is 611. The second-order valence-electron chi connectivity index (χ2n) is 4.80. The highest BCUT2D eigenvalue weighted by atomic mass is 16.6. The lowest BCUT2D eigenvalue weighted by molar-refractivity contribution is -0.384. The van der Waals surface area contributed by atoms with Gasteiger partial charge < -0.3 is 10.5 Å². The number of nitrogens with two attached hydrogens (primary N) is 1. The highest BCUT2D eigenvalue weighted by Gasteiger charge is 2.06.